The van der Waals surface area contributed by atoms with Crippen LogP contribution < -0.4 is 10.1 Å². The third-order valence-electron chi connectivity index (χ3n) is 2.65. The Balaban J connectivity index is 2.04. The number of amides is 1. The third kappa shape index (κ3) is 4.25. The van der Waals surface area contributed by atoms with Crippen molar-refractivity contribution in [3.8, 4) is 5.75 Å². The van der Waals surface area contributed by atoms with E-state index in [1.54, 1.807) is 31.4 Å². The maximum atomic E-state index is 13.4. The SMILES string of the molecule is COCCOc1cccc(NC(=O)c2cccnc2F)c1. The number of carbonyl (C=O) groups excluding carboxylic acids is 1. The molecule has 0 aliphatic rings. The van der Waals surface area contributed by atoms with Crippen molar-refractivity contribution in [1.29, 1.82) is 0 Å². The highest BCUT2D eigenvalue weighted by molar-refractivity contribution is 6.04. The van der Waals surface area contributed by atoms with Gasteiger partial charge in [-0.1, -0.05) is 6.07 Å². The second-order valence-electron chi connectivity index (χ2n) is 4.16. The van der Waals surface area contributed by atoms with Crippen LogP contribution in [0.5, 0.6) is 5.75 Å². The molecule has 0 aliphatic carbocycles. The highest BCUT2D eigenvalue weighted by Crippen LogP contribution is 2.18. The number of aromatic nitrogens is 1. The number of methoxy groups -OCH3 is 1. The summed E-state index contributed by atoms with van der Waals surface area (Å²) in [6.07, 6.45) is 1.29. The molecular formula is C15H15FN2O3. The van der Waals surface area contributed by atoms with Gasteiger partial charge < -0.3 is 14.8 Å². The number of nitrogens with zero attached hydrogens (tertiary/aromatic N) is 1. The molecule has 0 aliphatic heterocycles. The number of hydrogen-bond acceptors (Lipinski definition) is 4. The lowest BCUT2D eigenvalue weighted by Crippen LogP contribution is -2.14. The fourth-order valence-corrected chi connectivity index (χ4v) is 1.66. The zero-order chi connectivity index (χ0) is 15.1. The number of ether oxygens (including phenoxy) is 2. The van der Waals surface area contributed by atoms with Crippen LogP contribution in [0.15, 0.2) is 42.6 Å². The van der Waals surface area contributed by atoms with Crippen LogP contribution in [0.1, 0.15) is 10.4 Å². The molecular weight excluding hydrogens is 275 g/mol. The molecule has 110 valence electrons. The molecule has 0 saturated carbocycles. The smallest absolute Gasteiger partial charge is 0.260 e. The zero-order valence-corrected chi connectivity index (χ0v) is 11.5. The summed E-state index contributed by atoms with van der Waals surface area (Å²) in [4.78, 5) is 15.4. The monoisotopic (exact) mass is 290 g/mol. The highest BCUT2D eigenvalue weighted by atomic mass is 19.1. The van der Waals surface area contributed by atoms with Gasteiger partial charge in [-0.2, -0.15) is 4.39 Å². The topological polar surface area (TPSA) is 60.5 Å². The summed E-state index contributed by atoms with van der Waals surface area (Å²) in [6.45, 7) is 0.878. The molecule has 2 aromatic rings. The Hall–Kier alpha value is -2.47. The van der Waals surface area contributed by atoms with E-state index < -0.39 is 11.9 Å². The van der Waals surface area contributed by atoms with E-state index in [0.29, 0.717) is 24.7 Å². The van der Waals surface area contributed by atoms with Gasteiger partial charge in [-0.05, 0) is 24.3 Å². The van der Waals surface area contributed by atoms with Crippen molar-refractivity contribution in [2.75, 3.05) is 25.6 Å². The number of pyridine rings is 1. The quantitative estimate of drug-likeness (QED) is 0.656. The number of anilines is 1. The molecule has 1 amide bonds. The third-order valence-corrected chi connectivity index (χ3v) is 2.65. The first-order chi connectivity index (χ1) is 10.2. The summed E-state index contributed by atoms with van der Waals surface area (Å²) < 4.78 is 23.7. The predicted octanol–water partition coefficient (Wildman–Crippen LogP) is 2.50. The van der Waals surface area contributed by atoms with E-state index in [2.05, 4.69) is 10.3 Å². The predicted molar refractivity (Wildman–Crippen MR) is 76.0 cm³/mol. The Morgan fingerprint density at radius 2 is 2.14 bits per heavy atom. The number of carbonyl (C=O) groups is 1. The van der Waals surface area contributed by atoms with Crippen LogP contribution >= 0.6 is 0 Å². The van der Waals surface area contributed by atoms with Crippen molar-refractivity contribution in [3.63, 3.8) is 0 Å². The molecule has 0 spiro atoms. The molecule has 2 rings (SSSR count). The minimum atomic E-state index is -0.803. The number of halogens is 1. The van der Waals surface area contributed by atoms with E-state index in [1.807, 2.05) is 0 Å². The normalized spacial score (nSPS) is 10.2. The Morgan fingerprint density at radius 1 is 1.29 bits per heavy atom. The average Bonchev–Trinajstić information content (AvgIpc) is 2.48. The van der Waals surface area contributed by atoms with Crippen LogP contribution in [-0.4, -0.2) is 31.2 Å². The molecule has 1 aromatic heterocycles. The summed E-state index contributed by atoms with van der Waals surface area (Å²) in [5.74, 6) is -0.770. The fourth-order valence-electron chi connectivity index (χ4n) is 1.66. The van der Waals surface area contributed by atoms with Gasteiger partial charge in [-0.3, -0.25) is 4.79 Å². The molecule has 0 bridgehead atoms. The summed E-state index contributed by atoms with van der Waals surface area (Å²) in [5, 5.41) is 2.60. The summed E-state index contributed by atoms with van der Waals surface area (Å²) >= 11 is 0. The van der Waals surface area contributed by atoms with Crippen LogP contribution in [0.2, 0.25) is 0 Å². The van der Waals surface area contributed by atoms with E-state index in [1.165, 1.54) is 18.3 Å². The lowest BCUT2D eigenvalue weighted by atomic mass is 10.2. The van der Waals surface area contributed by atoms with Gasteiger partial charge in [-0.15, -0.1) is 0 Å². The van der Waals surface area contributed by atoms with Crippen LogP contribution in [0.4, 0.5) is 10.1 Å². The molecule has 0 atom stereocenters. The van der Waals surface area contributed by atoms with Crippen LogP contribution in [-0.2, 0) is 4.74 Å². The lowest BCUT2D eigenvalue weighted by molar-refractivity contribution is 0.102. The Morgan fingerprint density at radius 3 is 2.90 bits per heavy atom. The highest BCUT2D eigenvalue weighted by Gasteiger charge is 2.12. The first-order valence-electron chi connectivity index (χ1n) is 6.34. The van der Waals surface area contributed by atoms with Gasteiger partial charge in [-0.25, -0.2) is 4.98 Å². The van der Waals surface area contributed by atoms with Crippen molar-refractivity contribution in [1.82, 2.24) is 4.98 Å². The van der Waals surface area contributed by atoms with Gasteiger partial charge in [0.05, 0.1) is 12.2 Å². The van der Waals surface area contributed by atoms with E-state index in [9.17, 15) is 9.18 Å². The Labute approximate surface area is 121 Å². The largest absolute Gasteiger partial charge is 0.491 e. The van der Waals surface area contributed by atoms with Gasteiger partial charge in [0.15, 0.2) is 0 Å². The zero-order valence-electron chi connectivity index (χ0n) is 11.5. The van der Waals surface area contributed by atoms with E-state index >= 15 is 0 Å². The van der Waals surface area contributed by atoms with Crippen LogP contribution in [0.3, 0.4) is 0 Å². The fraction of sp³-hybridized carbons (Fsp3) is 0.200. The standard InChI is InChI=1S/C15H15FN2O3/c1-20-8-9-21-12-5-2-4-11(10-12)18-15(19)13-6-3-7-17-14(13)16/h2-7,10H,8-9H2,1H3,(H,18,19). The molecule has 1 aromatic carbocycles. The maximum Gasteiger partial charge on any atom is 0.260 e. The molecule has 0 saturated heterocycles. The molecule has 1 heterocycles. The number of rotatable bonds is 6. The summed E-state index contributed by atoms with van der Waals surface area (Å²) in [5.41, 5.74) is 0.404. The number of benzene rings is 1. The average molecular weight is 290 g/mol. The molecule has 0 unspecified atom stereocenters. The lowest BCUT2D eigenvalue weighted by Gasteiger charge is -2.09. The minimum absolute atomic E-state index is 0.108. The minimum Gasteiger partial charge on any atom is -0.491 e. The van der Waals surface area contributed by atoms with Gasteiger partial charge in [0, 0.05) is 25.1 Å². The van der Waals surface area contributed by atoms with Crippen molar-refractivity contribution >= 4 is 11.6 Å². The molecule has 0 radical (unpaired) electrons. The summed E-state index contributed by atoms with van der Waals surface area (Å²) in [7, 11) is 1.59. The molecule has 21 heavy (non-hydrogen) atoms. The van der Waals surface area contributed by atoms with Crippen molar-refractivity contribution in [2.45, 2.75) is 0 Å². The number of hydrogen-bond donors (Lipinski definition) is 1. The van der Waals surface area contributed by atoms with E-state index in [4.69, 9.17) is 9.47 Å². The van der Waals surface area contributed by atoms with Gasteiger partial charge in [0.1, 0.15) is 12.4 Å². The molecule has 1 N–H and O–H groups in total. The van der Waals surface area contributed by atoms with E-state index in [-0.39, 0.29) is 5.56 Å². The first-order valence-corrected chi connectivity index (χ1v) is 6.34. The second-order valence-corrected chi connectivity index (χ2v) is 4.16. The molecule has 6 heteroatoms. The molecule has 5 nitrogen and oxygen atoms in total. The maximum absolute atomic E-state index is 13.4. The Bertz CT molecular complexity index is 619. The van der Waals surface area contributed by atoms with Gasteiger partial charge in [0.2, 0.25) is 5.95 Å². The Kier molecular flexibility index (Phi) is 5.22. The van der Waals surface area contributed by atoms with Crippen molar-refractivity contribution in [3.05, 3.63) is 54.1 Å². The van der Waals surface area contributed by atoms with Crippen molar-refractivity contribution in [2.24, 2.45) is 0 Å². The molecule has 0 fully saturated rings. The first kappa shape index (κ1) is 14.9. The van der Waals surface area contributed by atoms with Crippen LogP contribution in [0.25, 0.3) is 0 Å². The van der Waals surface area contributed by atoms with E-state index in [0.717, 1.165) is 0 Å². The second kappa shape index (κ2) is 7.35. The van der Waals surface area contributed by atoms with Gasteiger partial charge >= 0.3 is 0 Å². The summed E-state index contributed by atoms with van der Waals surface area (Å²) in [6, 6.07) is 9.71. The van der Waals surface area contributed by atoms with Crippen molar-refractivity contribution < 1.29 is 18.7 Å². The van der Waals surface area contributed by atoms with Gasteiger partial charge in [0.25, 0.3) is 5.91 Å². The number of nitrogens with one attached hydrogen (secondary N) is 1. The van der Waals surface area contributed by atoms with Crippen LogP contribution in [0, 0.1) is 5.95 Å².